The molecule has 3 heteroatoms. The first-order valence-corrected chi connectivity index (χ1v) is 7.10. The molecular formula is C15H22N2O. The Kier molecular flexibility index (Phi) is 3.50. The van der Waals surface area contributed by atoms with Crippen LogP contribution in [0.25, 0.3) is 0 Å². The molecule has 1 atom stereocenters. The molecule has 1 saturated heterocycles. The third kappa shape index (κ3) is 2.66. The van der Waals surface area contributed by atoms with E-state index in [2.05, 4.69) is 16.8 Å². The molecule has 3 heterocycles. The summed E-state index contributed by atoms with van der Waals surface area (Å²) in [6.07, 6.45) is 5.64. The third-order valence-corrected chi connectivity index (χ3v) is 4.20. The Hall–Kier alpha value is -1.09. The Bertz CT molecular complexity index is 399. The third-order valence-electron chi connectivity index (χ3n) is 4.20. The van der Waals surface area contributed by atoms with Crippen LogP contribution >= 0.6 is 0 Å². The van der Waals surface area contributed by atoms with Gasteiger partial charge >= 0.3 is 0 Å². The van der Waals surface area contributed by atoms with E-state index in [4.69, 9.17) is 4.74 Å². The number of nitrogens with zero attached hydrogens (tertiary/aromatic N) is 2. The van der Waals surface area contributed by atoms with Crippen molar-refractivity contribution < 1.29 is 4.74 Å². The minimum Gasteiger partial charge on any atom is -0.491 e. The zero-order valence-corrected chi connectivity index (χ0v) is 11.1. The molecule has 18 heavy (non-hydrogen) atoms. The number of hydrogen-bond donors (Lipinski definition) is 0. The predicted octanol–water partition coefficient (Wildman–Crippen LogP) is 2.36. The molecule has 0 radical (unpaired) electrons. The van der Waals surface area contributed by atoms with E-state index < -0.39 is 0 Å². The first kappa shape index (κ1) is 12.0. The van der Waals surface area contributed by atoms with Crippen molar-refractivity contribution in [2.24, 2.45) is 11.8 Å². The first-order chi connectivity index (χ1) is 8.81. The van der Waals surface area contributed by atoms with Gasteiger partial charge in [-0.3, -0.25) is 4.98 Å². The van der Waals surface area contributed by atoms with E-state index in [-0.39, 0.29) is 0 Å². The number of pyridine rings is 1. The van der Waals surface area contributed by atoms with Crippen LogP contribution in [-0.4, -0.2) is 36.1 Å². The van der Waals surface area contributed by atoms with Crippen molar-refractivity contribution in [3.8, 4) is 5.75 Å². The Morgan fingerprint density at radius 1 is 1.39 bits per heavy atom. The van der Waals surface area contributed by atoms with Gasteiger partial charge in [0.25, 0.3) is 0 Å². The number of fused-ring (bicyclic) bond motifs is 1. The van der Waals surface area contributed by atoms with Gasteiger partial charge in [-0.25, -0.2) is 0 Å². The smallest absolute Gasteiger partial charge is 0.140 e. The molecule has 2 aliphatic heterocycles. The van der Waals surface area contributed by atoms with Gasteiger partial charge in [0.2, 0.25) is 0 Å². The molecule has 2 aliphatic rings. The van der Waals surface area contributed by atoms with E-state index in [1.54, 1.807) is 0 Å². The monoisotopic (exact) mass is 246 g/mol. The van der Waals surface area contributed by atoms with E-state index in [0.717, 1.165) is 30.4 Å². The minimum absolute atomic E-state index is 0.612. The van der Waals surface area contributed by atoms with Gasteiger partial charge in [-0.2, -0.15) is 0 Å². The van der Waals surface area contributed by atoms with Crippen molar-refractivity contribution >= 4 is 0 Å². The van der Waals surface area contributed by atoms with Crippen LogP contribution in [0.5, 0.6) is 5.75 Å². The summed E-state index contributed by atoms with van der Waals surface area (Å²) in [4.78, 5) is 7.03. The summed E-state index contributed by atoms with van der Waals surface area (Å²) in [7, 11) is 0. The lowest BCUT2D eigenvalue weighted by Crippen LogP contribution is -2.39. The SMILES string of the molecule is CC1CCN(CC2COc3cccnc3C2)CC1. The Morgan fingerprint density at radius 3 is 3.06 bits per heavy atom. The van der Waals surface area contributed by atoms with Gasteiger partial charge in [-0.15, -0.1) is 0 Å². The van der Waals surface area contributed by atoms with Crippen LogP contribution in [0.3, 0.4) is 0 Å². The lowest BCUT2D eigenvalue weighted by atomic mass is 9.96. The summed E-state index contributed by atoms with van der Waals surface area (Å²) in [5.41, 5.74) is 1.14. The second-order valence-electron chi connectivity index (χ2n) is 5.81. The zero-order chi connectivity index (χ0) is 12.4. The minimum atomic E-state index is 0.612. The van der Waals surface area contributed by atoms with Crippen molar-refractivity contribution in [3.63, 3.8) is 0 Å². The van der Waals surface area contributed by atoms with Crippen LogP contribution < -0.4 is 4.74 Å². The predicted molar refractivity (Wildman–Crippen MR) is 71.8 cm³/mol. The lowest BCUT2D eigenvalue weighted by Gasteiger charge is -2.34. The van der Waals surface area contributed by atoms with Gasteiger partial charge in [-0.1, -0.05) is 6.92 Å². The van der Waals surface area contributed by atoms with Crippen molar-refractivity contribution in [2.45, 2.75) is 26.2 Å². The van der Waals surface area contributed by atoms with Gasteiger partial charge in [0.15, 0.2) is 0 Å². The normalized spacial score (nSPS) is 25.5. The molecule has 0 saturated carbocycles. The topological polar surface area (TPSA) is 25.4 Å². The quantitative estimate of drug-likeness (QED) is 0.801. The Balaban J connectivity index is 1.56. The van der Waals surface area contributed by atoms with E-state index in [0.29, 0.717) is 5.92 Å². The highest BCUT2D eigenvalue weighted by Gasteiger charge is 2.24. The van der Waals surface area contributed by atoms with Gasteiger partial charge in [0, 0.05) is 25.1 Å². The number of rotatable bonds is 2. The average molecular weight is 246 g/mol. The van der Waals surface area contributed by atoms with Crippen molar-refractivity contribution in [1.29, 1.82) is 0 Å². The van der Waals surface area contributed by atoms with Gasteiger partial charge in [-0.05, 0) is 44.0 Å². The number of piperidine rings is 1. The summed E-state index contributed by atoms with van der Waals surface area (Å²) in [5, 5.41) is 0. The fourth-order valence-corrected chi connectivity index (χ4v) is 2.97. The molecule has 0 aliphatic carbocycles. The average Bonchev–Trinajstić information content (AvgIpc) is 2.41. The maximum absolute atomic E-state index is 5.81. The second-order valence-corrected chi connectivity index (χ2v) is 5.81. The number of likely N-dealkylation sites (tertiary alicyclic amines) is 1. The molecule has 3 rings (SSSR count). The summed E-state index contributed by atoms with van der Waals surface area (Å²) >= 11 is 0. The highest BCUT2D eigenvalue weighted by molar-refractivity contribution is 5.28. The molecule has 3 nitrogen and oxygen atoms in total. The van der Waals surface area contributed by atoms with Gasteiger partial charge in [0.05, 0.1) is 12.3 Å². The van der Waals surface area contributed by atoms with E-state index in [1.165, 1.54) is 32.5 Å². The fourth-order valence-electron chi connectivity index (χ4n) is 2.97. The molecule has 0 aromatic carbocycles. The van der Waals surface area contributed by atoms with Crippen LogP contribution in [0.1, 0.15) is 25.5 Å². The maximum Gasteiger partial charge on any atom is 0.140 e. The molecule has 0 spiro atoms. The highest BCUT2D eigenvalue weighted by atomic mass is 16.5. The zero-order valence-electron chi connectivity index (χ0n) is 11.1. The van der Waals surface area contributed by atoms with E-state index >= 15 is 0 Å². The molecular weight excluding hydrogens is 224 g/mol. The van der Waals surface area contributed by atoms with Crippen LogP contribution in [0, 0.1) is 11.8 Å². The van der Waals surface area contributed by atoms with Crippen LogP contribution in [0.4, 0.5) is 0 Å². The Morgan fingerprint density at radius 2 is 2.22 bits per heavy atom. The molecule has 1 aromatic heterocycles. The Labute approximate surface area is 109 Å². The number of hydrogen-bond acceptors (Lipinski definition) is 3. The lowest BCUT2D eigenvalue weighted by molar-refractivity contribution is 0.128. The summed E-state index contributed by atoms with van der Waals surface area (Å²) in [6.45, 7) is 6.90. The standard InChI is InChI=1S/C15H22N2O/c1-12-4-7-17(8-5-12)10-13-9-14-15(18-11-13)3-2-6-16-14/h2-3,6,12-13H,4-5,7-11H2,1H3. The summed E-state index contributed by atoms with van der Waals surface area (Å²) in [5.74, 6) is 2.51. The van der Waals surface area contributed by atoms with Crippen molar-refractivity contribution in [3.05, 3.63) is 24.0 Å². The number of ether oxygens (including phenoxy) is 1. The van der Waals surface area contributed by atoms with Gasteiger partial charge in [0.1, 0.15) is 5.75 Å². The summed E-state index contributed by atoms with van der Waals surface area (Å²) in [6, 6.07) is 3.98. The molecule has 0 amide bonds. The fraction of sp³-hybridized carbons (Fsp3) is 0.667. The largest absolute Gasteiger partial charge is 0.491 e. The molecule has 98 valence electrons. The molecule has 0 N–H and O–H groups in total. The number of aromatic nitrogens is 1. The van der Waals surface area contributed by atoms with Crippen molar-refractivity contribution in [1.82, 2.24) is 9.88 Å². The molecule has 1 unspecified atom stereocenters. The molecule has 0 bridgehead atoms. The highest BCUT2D eigenvalue weighted by Crippen LogP contribution is 2.26. The molecule has 1 aromatic rings. The van der Waals surface area contributed by atoms with E-state index in [1.807, 2.05) is 18.3 Å². The summed E-state index contributed by atoms with van der Waals surface area (Å²) < 4.78 is 5.81. The first-order valence-electron chi connectivity index (χ1n) is 7.10. The molecule has 1 fully saturated rings. The van der Waals surface area contributed by atoms with Crippen LogP contribution in [0.15, 0.2) is 18.3 Å². The maximum atomic E-state index is 5.81. The van der Waals surface area contributed by atoms with E-state index in [9.17, 15) is 0 Å². The van der Waals surface area contributed by atoms with Crippen LogP contribution in [-0.2, 0) is 6.42 Å². The van der Waals surface area contributed by atoms with Crippen LogP contribution in [0.2, 0.25) is 0 Å². The van der Waals surface area contributed by atoms with Crippen molar-refractivity contribution in [2.75, 3.05) is 26.2 Å². The van der Waals surface area contributed by atoms with Gasteiger partial charge < -0.3 is 9.64 Å². The second kappa shape index (κ2) is 5.27.